The van der Waals surface area contributed by atoms with E-state index in [4.69, 9.17) is 5.11 Å². The standard InChI is InChI=1S/C29H35N5O4S2/c35-14-3-1-2-6-25(36)31-15-19-7-9-20(10-8-19)24-16-32-28(40-24)21-17-34(18-21)29(38)23-11-12-26(39-23)33-27(37)22-5-4-13-30-22/h7-12,16,21-22,30,35H,1-6,13-15,17-18H2,(H,31,36)(H,33,37)/t22-/m0/s1. The van der Waals surface area contributed by atoms with Gasteiger partial charge in [-0.3, -0.25) is 14.4 Å². The third-order valence-corrected chi connectivity index (χ3v) is 9.47. The van der Waals surface area contributed by atoms with Crippen LogP contribution in [0.25, 0.3) is 10.4 Å². The number of benzene rings is 1. The van der Waals surface area contributed by atoms with E-state index in [2.05, 4.69) is 20.9 Å². The number of aliphatic hydroxyl groups excluding tert-OH is 1. The molecule has 0 aliphatic carbocycles. The first kappa shape index (κ1) is 28.4. The topological polar surface area (TPSA) is 124 Å². The highest BCUT2D eigenvalue weighted by Crippen LogP contribution is 2.36. The number of hydrogen-bond acceptors (Lipinski definition) is 8. The minimum atomic E-state index is -0.148. The van der Waals surface area contributed by atoms with Crippen molar-refractivity contribution in [3.63, 3.8) is 0 Å². The molecule has 2 aliphatic heterocycles. The minimum absolute atomic E-state index is 0.00893. The van der Waals surface area contributed by atoms with E-state index in [0.717, 1.165) is 59.7 Å². The Kier molecular flexibility index (Phi) is 9.58. The van der Waals surface area contributed by atoms with Gasteiger partial charge in [0, 0.05) is 44.8 Å². The lowest BCUT2D eigenvalue weighted by Crippen LogP contribution is -2.48. The number of nitrogens with one attached hydrogen (secondary N) is 3. The first-order valence-corrected chi connectivity index (χ1v) is 15.5. The highest BCUT2D eigenvalue weighted by Gasteiger charge is 2.35. The van der Waals surface area contributed by atoms with E-state index in [-0.39, 0.29) is 36.3 Å². The molecule has 212 valence electrons. The van der Waals surface area contributed by atoms with E-state index < -0.39 is 0 Å². The molecule has 4 N–H and O–H groups in total. The number of nitrogens with zero attached hydrogens (tertiary/aromatic N) is 2. The Morgan fingerprint density at radius 2 is 1.88 bits per heavy atom. The Balaban J connectivity index is 1.07. The molecule has 5 rings (SSSR count). The van der Waals surface area contributed by atoms with Crippen LogP contribution in [0, 0.1) is 0 Å². The predicted molar refractivity (Wildman–Crippen MR) is 158 cm³/mol. The number of amides is 3. The second kappa shape index (κ2) is 13.5. The van der Waals surface area contributed by atoms with Gasteiger partial charge in [-0.15, -0.1) is 22.7 Å². The summed E-state index contributed by atoms with van der Waals surface area (Å²) in [6.45, 7) is 2.80. The molecule has 2 saturated heterocycles. The van der Waals surface area contributed by atoms with Crippen molar-refractivity contribution in [2.24, 2.45) is 0 Å². The molecule has 9 nitrogen and oxygen atoms in total. The number of rotatable bonds is 12. The maximum atomic E-state index is 13.0. The molecule has 40 heavy (non-hydrogen) atoms. The van der Waals surface area contributed by atoms with Crippen LogP contribution in [0.3, 0.4) is 0 Å². The monoisotopic (exact) mass is 581 g/mol. The second-order valence-corrected chi connectivity index (χ2v) is 12.4. The Labute approximate surface area is 242 Å². The summed E-state index contributed by atoms with van der Waals surface area (Å²) in [7, 11) is 0. The van der Waals surface area contributed by atoms with Gasteiger partial charge in [-0.25, -0.2) is 4.98 Å². The molecule has 11 heteroatoms. The van der Waals surface area contributed by atoms with Crippen LogP contribution in [0.4, 0.5) is 5.00 Å². The van der Waals surface area contributed by atoms with E-state index in [9.17, 15) is 14.4 Å². The summed E-state index contributed by atoms with van der Waals surface area (Å²) in [6, 6.07) is 11.6. The molecule has 0 saturated carbocycles. The lowest BCUT2D eigenvalue weighted by Gasteiger charge is -2.37. The highest BCUT2D eigenvalue weighted by molar-refractivity contribution is 7.18. The summed E-state index contributed by atoms with van der Waals surface area (Å²) in [6.07, 6.45) is 6.61. The van der Waals surface area contributed by atoms with Crippen molar-refractivity contribution in [3.05, 3.63) is 58.0 Å². The first-order chi connectivity index (χ1) is 19.5. The molecular formula is C29H35N5O4S2. The number of aromatic nitrogens is 1. The molecule has 1 aromatic carbocycles. The van der Waals surface area contributed by atoms with E-state index in [1.54, 1.807) is 23.5 Å². The van der Waals surface area contributed by atoms with Crippen molar-refractivity contribution in [1.82, 2.24) is 20.5 Å². The quantitative estimate of drug-likeness (QED) is 0.240. The summed E-state index contributed by atoms with van der Waals surface area (Å²) in [5, 5.41) is 19.6. The van der Waals surface area contributed by atoms with Gasteiger partial charge in [0.25, 0.3) is 5.91 Å². The van der Waals surface area contributed by atoms with Crippen LogP contribution in [-0.2, 0) is 16.1 Å². The van der Waals surface area contributed by atoms with Gasteiger partial charge in [0.05, 0.1) is 25.8 Å². The highest BCUT2D eigenvalue weighted by atomic mass is 32.1. The van der Waals surface area contributed by atoms with Crippen LogP contribution in [0.1, 0.15) is 64.7 Å². The van der Waals surface area contributed by atoms with Crippen molar-refractivity contribution >= 4 is 45.4 Å². The summed E-state index contributed by atoms with van der Waals surface area (Å²) in [5.74, 6) is 0.211. The number of aliphatic hydroxyl groups is 1. The Hall–Kier alpha value is -3.12. The fraction of sp³-hybridized carbons (Fsp3) is 0.448. The molecule has 1 atom stereocenters. The average molecular weight is 582 g/mol. The third-order valence-electron chi connectivity index (χ3n) is 7.27. The summed E-state index contributed by atoms with van der Waals surface area (Å²) < 4.78 is 0. The molecule has 3 amide bonds. The maximum Gasteiger partial charge on any atom is 0.264 e. The summed E-state index contributed by atoms with van der Waals surface area (Å²) in [5.41, 5.74) is 2.12. The maximum absolute atomic E-state index is 13.0. The van der Waals surface area contributed by atoms with Gasteiger partial charge in [-0.2, -0.15) is 0 Å². The normalized spacial score (nSPS) is 17.0. The SMILES string of the molecule is O=C(CCCCCO)NCc1ccc(-c2cnc(C3CN(C(=O)c4ccc(NC(=O)[C@@H]5CCCN5)s4)C3)s2)cc1. The van der Waals surface area contributed by atoms with Crippen LogP contribution >= 0.6 is 22.7 Å². The third kappa shape index (κ3) is 7.14. The molecule has 0 unspecified atom stereocenters. The van der Waals surface area contributed by atoms with Crippen molar-refractivity contribution in [3.8, 4) is 10.4 Å². The van der Waals surface area contributed by atoms with E-state index in [1.165, 1.54) is 11.3 Å². The molecule has 4 heterocycles. The van der Waals surface area contributed by atoms with Gasteiger partial charge in [-0.05, 0) is 55.5 Å². The molecule has 2 fully saturated rings. The fourth-order valence-corrected chi connectivity index (χ4v) is 6.74. The van der Waals surface area contributed by atoms with Gasteiger partial charge < -0.3 is 26.0 Å². The molecule has 0 bridgehead atoms. The molecule has 3 aromatic rings. The van der Waals surface area contributed by atoms with Crippen LogP contribution in [0.5, 0.6) is 0 Å². The van der Waals surface area contributed by atoms with Gasteiger partial charge >= 0.3 is 0 Å². The zero-order chi connectivity index (χ0) is 27.9. The molecule has 2 aromatic heterocycles. The zero-order valence-electron chi connectivity index (χ0n) is 22.4. The Morgan fingerprint density at radius 3 is 2.62 bits per heavy atom. The van der Waals surface area contributed by atoms with Crippen molar-refractivity contribution in [1.29, 1.82) is 0 Å². The molecular weight excluding hydrogens is 546 g/mol. The number of carbonyl (C=O) groups is 3. The van der Waals surface area contributed by atoms with Gasteiger partial charge in [0.2, 0.25) is 11.8 Å². The number of anilines is 1. The Bertz CT molecular complexity index is 1310. The molecule has 2 aliphatic rings. The Morgan fingerprint density at radius 1 is 1.05 bits per heavy atom. The first-order valence-electron chi connectivity index (χ1n) is 13.9. The minimum Gasteiger partial charge on any atom is -0.396 e. The zero-order valence-corrected chi connectivity index (χ0v) is 24.0. The smallest absolute Gasteiger partial charge is 0.264 e. The van der Waals surface area contributed by atoms with Crippen LogP contribution in [0.2, 0.25) is 0 Å². The fourth-order valence-electron chi connectivity index (χ4n) is 4.85. The van der Waals surface area contributed by atoms with E-state index in [0.29, 0.717) is 35.9 Å². The molecule has 0 radical (unpaired) electrons. The number of likely N-dealkylation sites (tertiary alicyclic amines) is 1. The average Bonchev–Trinajstić information content (AvgIpc) is 3.72. The van der Waals surface area contributed by atoms with Gasteiger partial charge in [0.1, 0.15) is 0 Å². The second-order valence-electron chi connectivity index (χ2n) is 10.3. The van der Waals surface area contributed by atoms with E-state index in [1.807, 2.05) is 35.4 Å². The largest absolute Gasteiger partial charge is 0.396 e. The summed E-state index contributed by atoms with van der Waals surface area (Å²) >= 11 is 2.97. The number of thiophene rings is 1. The predicted octanol–water partition coefficient (Wildman–Crippen LogP) is 3.97. The van der Waals surface area contributed by atoms with Crippen LogP contribution in [0.15, 0.2) is 42.6 Å². The van der Waals surface area contributed by atoms with Crippen molar-refractivity contribution < 1.29 is 19.5 Å². The summed E-state index contributed by atoms with van der Waals surface area (Å²) in [4.78, 5) is 45.4. The van der Waals surface area contributed by atoms with E-state index >= 15 is 0 Å². The number of carbonyl (C=O) groups excluding carboxylic acids is 3. The lowest BCUT2D eigenvalue weighted by molar-refractivity contribution is -0.121. The number of unbranched alkanes of at least 4 members (excludes halogenated alkanes) is 2. The van der Waals surface area contributed by atoms with Crippen LogP contribution in [-0.4, -0.2) is 65.0 Å². The van der Waals surface area contributed by atoms with Crippen molar-refractivity contribution in [2.75, 3.05) is 31.6 Å². The van der Waals surface area contributed by atoms with Crippen molar-refractivity contribution in [2.45, 2.75) is 57.0 Å². The number of thiazole rings is 1. The van der Waals surface area contributed by atoms with Gasteiger partial charge in [0.15, 0.2) is 0 Å². The van der Waals surface area contributed by atoms with Crippen LogP contribution < -0.4 is 16.0 Å². The molecule has 0 spiro atoms. The van der Waals surface area contributed by atoms with Gasteiger partial charge in [-0.1, -0.05) is 30.7 Å². The number of hydrogen-bond donors (Lipinski definition) is 4. The lowest BCUT2D eigenvalue weighted by atomic mass is 10.0.